The Labute approximate surface area is 148 Å². The van der Waals surface area contributed by atoms with E-state index in [1.165, 1.54) is 17.7 Å². The number of amides is 1. The van der Waals surface area contributed by atoms with E-state index >= 15 is 0 Å². The number of halogens is 1. The highest BCUT2D eigenvalue weighted by Gasteiger charge is 2.29. The van der Waals surface area contributed by atoms with Gasteiger partial charge in [0.25, 0.3) is 0 Å². The molecule has 2 aromatic rings. The zero-order valence-corrected chi connectivity index (χ0v) is 14.8. The van der Waals surface area contributed by atoms with Gasteiger partial charge in [-0.25, -0.2) is 4.39 Å². The number of carbonyl (C=O) groups excluding carboxylic acids is 1. The molecule has 3 nitrogen and oxygen atoms in total. The Morgan fingerprint density at radius 2 is 1.68 bits per heavy atom. The first-order chi connectivity index (χ1) is 12.1. The van der Waals surface area contributed by atoms with E-state index in [0.29, 0.717) is 0 Å². The van der Waals surface area contributed by atoms with Crippen LogP contribution in [0.2, 0.25) is 0 Å². The van der Waals surface area contributed by atoms with Crippen LogP contribution in [0.25, 0.3) is 0 Å². The molecule has 0 spiro atoms. The number of rotatable bonds is 7. The fraction of sp³-hybridized carbons (Fsp3) is 0.381. The van der Waals surface area contributed by atoms with Gasteiger partial charge in [0.1, 0.15) is 11.9 Å². The topological polar surface area (TPSA) is 41.1 Å². The molecule has 2 aromatic carbocycles. The molecule has 0 bridgehead atoms. The summed E-state index contributed by atoms with van der Waals surface area (Å²) in [5, 5.41) is 6.54. The largest absolute Gasteiger partial charge is 0.352 e. The van der Waals surface area contributed by atoms with Crippen molar-refractivity contribution in [2.75, 3.05) is 0 Å². The summed E-state index contributed by atoms with van der Waals surface area (Å²) in [6, 6.07) is 14.4. The maximum atomic E-state index is 13.3. The van der Waals surface area contributed by atoms with E-state index in [0.717, 1.165) is 30.4 Å². The highest BCUT2D eigenvalue weighted by Crippen LogP contribution is 2.25. The van der Waals surface area contributed by atoms with Gasteiger partial charge in [0.05, 0.1) is 0 Å². The van der Waals surface area contributed by atoms with Gasteiger partial charge in [0.15, 0.2) is 0 Å². The van der Waals surface area contributed by atoms with Crippen molar-refractivity contribution < 1.29 is 9.18 Å². The summed E-state index contributed by atoms with van der Waals surface area (Å²) in [7, 11) is 0. The SMILES string of the molecule is CC[C@H](N[C@H](C(=O)NC1CC1)c1ccc(F)cc1)c1ccc(C)cc1. The van der Waals surface area contributed by atoms with Gasteiger partial charge in [0.2, 0.25) is 5.91 Å². The normalized spacial score (nSPS) is 16.3. The summed E-state index contributed by atoms with van der Waals surface area (Å²) in [5.41, 5.74) is 3.14. The molecular weight excluding hydrogens is 315 g/mol. The molecule has 0 saturated heterocycles. The number of carbonyl (C=O) groups is 1. The van der Waals surface area contributed by atoms with Gasteiger partial charge >= 0.3 is 0 Å². The van der Waals surface area contributed by atoms with Crippen molar-refractivity contribution in [1.29, 1.82) is 0 Å². The van der Waals surface area contributed by atoms with Crippen LogP contribution in [0.1, 0.15) is 55.0 Å². The van der Waals surface area contributed by atoms with Gasteiger partial charge in [-0.3, -0.25) is 10.1 Å². The first kappa shape index (κ1) is 17.6. The zero-order chi connectivity index (χ0) is 17.8. The summed E-state index contributed by atoms with van der Waals surface area (Å²) >= 11 is 0. The molecule has 4 heteroatoms. The van der Waals surface area contributed by atoms with Crippen LogP contribution in [0, 0.1) is 12.7 Å². The van der Waals surface area contributed by atoms with Crippen molar-refractivity contribution in [1.82, 2.24) is 10.6 Å². The van der Waals surface area contributed by atoms with Crippen LogP contribution >= 0.6 is 0 Å². The number of benzene rings is 2. The van der Waals surface area contributed by atoms with E-state index in [4.69, 9.17) is 0 Å². The van der Waals surface area contributed by atoms with E-state index in [2.05, 4.69) is 48.7 Å². The molecule has 132 valence electrons. The van der Waals surface area contributed by atoms with Gasteiger partial charge < -0.3 is 5.32 Å². The van der Waals surface area contributed by atoms with Gasteiger partial charge in [-0.2, -0.15) is 0 Å². The standard InChI is InChI=1S/C21H25FN2O/c1-3-19(15-6-4-14(2)5-7-15)24-20(21(25)23-18-12-13-18)16-8-10-17(22)11-9-16/h4-11,18-20,24H,3,12-13H2,1-2H3,(H,23,25)/t19-,20-/m0/s1. The van der Waals surface area contributed by atoms with E-state index in [9.17, 15) is 9.18 Å². The van der Waals surface area contributed by atoms with Gasteiger partial charge in [0, 0.05) is 12.1 Å². The average Bonchev–Trinajstić information content (AvgIpc) is 3.42. The Bertz CT molecular complexity index is 708. The highest BCUT2D eigenvalue weighted by molar-refractivity contribution is 5.83. The average molecular weight is 340 g/mol. The van der Waals surface area contributed by atoms with Crippen LogP contribution in [-0.2, 0) is 4.79 Å². The Kier molecular flexibility index (Phi) is 5.49. The smallest absolute Gasteiger partial charge is 0.241 e. The van der Waals surface area contributed by atoms with Crippen LogP contribution in [-0.4, -0.2) is 11.9 Å². The lowest BCUT2D eigenvalue weighted by Crippen LogP contribution is -2.40. The third-order valence-electron chi connectivity index (χ3n) is 4.65. The molecule has 1 aliphatic carbocycles. The van der Waals surface area contributed by atoms with Gasteiger partial charge in [-0.1, -0.05) is 48.9 Å². The predicted molar refractivity (Wildman–Crippen MR) is 97.7 cm³/mol. The first-order valence-electron chi connectivity index (χ1n) is 8.95. The minimum atomic E-state index is -0.493. The predicted octanol–water partition coefficient (Wildman–Crippen LogP) is 4.19. The van der Waals surface area contributed by atoms with E-state index in [1.807, 2.05) is 0 Å². The van der Waals surface area contributed by atoms with Gasteiger partial charge in [-0.05, 0) is 49.4 Å². The van der Waals surface area contributed by atoms with E-state index in [1.54, 1.807) is 12.1 Å². The van der Waals surface area contributed by atoms with Gasteiger partial charge in [-0.15, -0.1) is 0 Å². The molecule has 0 heterocycles. The van der Waals surface area contributed by atoms with E-state index < -0.39 is 6.04 Å². The molecule has 1 amide bonds. The molecule has 0 aliphatic heterocycles. The molecule has 0 radical (unpaired) electrons. The molecule has 1 aliphatic rings. The molecular formula is C21H25FN2O. The third-order valence-corrected chi connectivity index (χ3v) is 4.65. The summed E-state index contributed by atoms with van der Waals surface area (Å²) in [6.45, 7) is 4.15. The van der Waals surface area contributed by atoms with Crippen LogP contribution in [0.15, 0.2) is 48.5 Å². The summed E-state index contributed by atoms with van der Waals surface area (Å²) in [6.07, 6.45) is 2.94. The summed E-state index contributed by atoms with van der Waals surface area (Å²) in [5.74, 6) is -0.338. The van der Waals surface area contributed by atoms with Crippen LogP contribution < -0.4 is 10.6 Å². The van der Waals surface area contributed by atoms with Crippen molar-refractivity contribution in [3.05, 3.63) is 71.0 Å². The zero-order valence-electron chi connectivity index (χ0n) is 14.8. The van der Waals surface area contributed by atoms with Crippen LogP contribution in [0.5, 0.6) is 0 Å². The number of nitrogens with one attached hydrogen (secondary N) is 2. The van der Waals surface area contributed by atoms with Crippen molar-refractivity contribution in [2.24, 2.45) is 0 Å². The fourth-order valence-corrected chi connectivity index (χ4v) is 2.94. The Morgan fingerprint density at radius 1 is 1.08 bits per heavy atom. The highest BCUT2D eigenvalue weighted by atomic mass is 19.1. The maximum Gasteiger partial charge on any atom is 0.241 e. The number of hydrogen-bond acceptors (Lipinski definition) is 2. The molecule has 3 rings (SSSR count). The first-order valence-corrected chi connectivity index (χ1v) is 8.95. The second kappa shape index (κ2) is 7.79. The third kappa shape index (κ3) is 4.67. The Balaban J connectivity index is 1.82. The number of aryl methyl sites for hydroxylation is 1. The summed E-state index contributed by atoms with van der Waals surface area (Å²) in [4.78, 5) is 12.7. The second-order valence-corrected chi connectivity index (χ2v) is 6.81. The molecule has 25 heavy (non-hydrogen) atoms. The maximum absolute atomic E-state index is 13.3. The molecule has 0 aromatic heterocycles. The molecule has 1 fully saturated rings. The second-order valence-electron chi connectivity index (χ2n) is 6.81. The minimum absolute atomic E-state index is 0.0420. The van der Waals surface area contributed by atoms with Crippen LogP contribution in [0.4, 0.5) is 4.39 Å². The lowest BCUT2D eigenvalue weighted by molar-refractivity contribution is -0.123. The Hall–Kier alpha value is -2.20. The van der Waals surface area contributed by atoms with Crippen molar-refractivity contribution in [3.8, 4) is 0 Å². The van der Waals surface area contributed by atoms with Crippen molar-refractivity contribution in [3.63, 3.8) is 0 Å². The molecule has 1 saturated carbocycles. The monoisotopic (exact) mass is 340 g/mol. The fourth-order valence-electron chi connectivity index (χ4n) is 2.94. The quantitative estimate of drug-likeness (QED) is 0.793. The minimum Gasteiger partial charge on any atom is -0.352 e. The van der Waals surface area contributed by atoms with Crippen molar-refractivity contribution in [2.45, 2.75) is 51.2 Å². The summed E-state index contributed by atoms with van der Waals surface area (Å²) < 4.78 is 13.3. The molecule has 2 atom stereocenters. The molecule has 0 unspecified atom stereocenters. The Morgan fingerprint density at radius 3 is 2.24 bits per heavy atom. The van der Waals surface area contributed by atoms with E-state index in [-0.39, 0.29) is 23.8 Å². The van der Waals surface area contributed by atoms with Crippen LogP contribution in [0.3, 0.4) is 0 Å². The molecule has 2 N–H and O–H groups in total. The number of hydrogen-bond donors (Lipinski definition) is 2. The lowest BCUT2D eigenvalue weighted by Gasteiger charge is -2.25. The lowest BCUT2D eigenvalue weighted by atomic mass is 9.99. The van der Waals surface area contributed by atoms with Crippen molar-refractivity contribution >= 4 is 5.91 Å².